The molecule has 0 saturated carbocycles. The van der Waals surface area contributed by atoms with Gasteiger partial charge in [0.05, 0.1) is 24.1 Å². The zero-order valence-electron chi connectivity index (χ0n) is 20.6. The first-order valence-electron chi connectivity index (χ1n) is 10.8. The van der Waals surface area contributed by atoms with Gasteiger partial charge >= 0.3 is 0 Å². The molecular weight excluding hydrogens is 513 g/mol. The molecule has 0 unspecified atom stereocenters. The Morgan fingerprint density at radius 1 is 1.09 bits per heavy atom. The number of halogens is 2. The highest BCUT2D eigenvalue weighted by Crippen LogP contribution is 2.30. The van der Waals surface area contributed by atoms with Crippen molar-refractivity contribution >= 4 is 50.7 Å². The lowest BCUT2D eigenvalue weighted by molar-refractivity contribution is -0.140. The van der Waals surface area contributed by atoms with Gasteiger partial charge in [-0.05, 0) is 63.6 Å². The molecule has 0 heterocycles. The molecular formula is C24H31Cl2N3O5S. The number of hydrogen-bond acceptors (Lipinski definition) is 5. The summed E-state index contributed by atoms with van der Waals surface area (Å²) in [4.78, 5) is 27.8. The number of ether oxygens (including phenoxy) is 1. The minimum absolute atomic E-state index is 0.0791. The van der Waals surface area contributed by atoms with Crippen LogP contribution in [0.4, 0.5) is 5.69 Å². The largest absolute Gasteiger partial charge is 0.495 e. The van der Waals surface area contributed by atoms with Gasteiger partial charge < -0.3 is 15.0 Å². The van der Waals surface area contributed by atoms with Crippen LogP contribution in [0, 0.1) is 0 Å². The van der Waals surface area contributed by atoms with Crippen molar-refractivity contribution in [2.24, 2.45) is 0 Å². The molecule has 1 atom stereocenters. The van der Waals surface area contributed by atoms with Crippen molar-refractivity contribution in [2.75, 3.05) is 24.2 Å². The van der Waals surface area contributed by atoms with E-state index in [1.807, 2.05) is 20.8 Å². The quantitative estimate of drug-likeness (QED) is 0.513. The second-order valence-corrected chi connectivity index (χ2v) is 11.9. The predicted octanol–water partition coefficient (Wildman–Crippen LogP) is 4.10. The number of hydrogen-bond donors (Lipinski definition) is 1. The van der Waals surface area contributed by atoms with E-state index < -0.39 is 34.1 Å². The number of carbonyl (C=O) groups is 2. The zero-order chi connectivity index (χ0) is 26.6. The molecule has 2 aromatic carbocycles. The van der Waals surface area contributed by atoms with E-state index >= 15 is 0 Å². The monoisotopic (exact) mass is 543 g/mol. The third kappa shape index (κ3) is 8.30. The van der Waals surface area contributed by atoms with Crippen molar-refractivity contribution in [3.05, 3.63) is 58.1 Å². The van der Waals surface area contributed by atoms with Crippen LogP contribution in [0.1, 0.15) is 33.3 Å². The van der Waals surface area contributed by atoms with Gasteiger partial charge in [0, 0.05) is 17.1 Å². The Morgan fingerprint density at radius 3 is 2.17 bits per heavy atom. The van der Waals surface area contributed by atoms with E-state index in [1.54, 1.807) is 31.2 Å². The Hall–Kier alpha value is -2.49. The summed E-state index contributed by atoms with van der Waals surface area (Å²) in [6, 6.07) is 10.4. The molecule has 0 radical (unpaired) electrons. The number of sulfonamides is 1. The van der Waals surface area contributed by atoms with E-state index in [0.29, 0.717) is 10.8 Å². The lowest BCUT2D eigenvalue weighted by atomic mass is 10.1. The maximum absolute atomic E-state index is 13.5. The van der Waals surface area contributed by atoms with Crippen LogP contribution < -0.4 is 14.4 Å². The molecule has 2 aromatic rings. The molecule has 1 N–H and O–H groups in total. The molecule has 0 fully saturated rings. The van der Waals surface area contributed by atoms with Gasteiger partial charge in [0.1, 0.15) is 18.3 Å². The summed E-state index contributed by atoms with van der Waals surface area (Å²) in [7, 11) is -2.43. The zero-order valence-corrected chi connectivity index (χ0v) is 23.0. The predicted molar refractivity (Wildman–Crippen MR) is 140 cm³/mol. The van der Waals surface area contributed by atoms with E-state index in [-0.39, 0.29) is 23.2 Å². The van der Waals surface area contributed by atoms with Crippen molar-refractivity contribution < 1.29 is 22.7 Å². The van der Waals surface area contributed by atoms with Gasteiger partial charge in [0.15, 0.2) is 0 Å². The Morgan fingerprint density at radius 2 is 1.69 bits per heavy atom. The van der Waals surface area contributed by atoms with Gasteiger partial charge in [-0.25, -0.2) is 8.42 Å². The first-order valence-corrected chi connectivity index (χ1v) is 13.4. The molecule has 192 valence electrons. The topological polar surface area (TPSA) is 96.0 Å². The Labute approximate surface area is 217 Å². The van der Waals surface area contributed by atoms with Crippen LogP contribution in [-0.4, -0.2) is 56.6 Å². The number of methoxy groups -OCH3 is 1. The molecule has 11 heteroatoms. The van der Waals surface area contributed by atoms with Crippen LogP contribution in [0.3, 0.4) is 0 Å². The third-order valence-corrected chi connectivity index (χ3v) is 6.72. The Balaban J connectivity index is 2.42. The van der Waals surface area contributed by atoms with Crippen molar-refractivity contribution in [3.8, 4) is 5.75 Å². The van der Waals surface area contributed by atoms with Crippen LogP contribution >= 0.6 is 23.2 Å². The lowest BCUT2D eigenvalue weighted by Crippen LogP contribution is -2.54. The van der Waals surface area contributed by atoms with Crippen molar-refractivity contribution in [1.29, 1.82) is 0 Å². The summed E-state index contributed by atoms with van der Waals surface area (Å²) in [5, 5.41) is 3.60. The summed E-state index contributed by atoms with van der Waals surface area (Å²) in [5.41, 5.74) is 0.417. The average molecular weight is 545 g/mol. The highest BCUT2D eigenvalue weighted by Gasteiger charge is 2.31. The Kier molecular flexibility index (Phi) is 9.44. The molecule has 8 nitrogen and oxygen atoms in total. The molecule has 0 aliphatic rings. The van der Waals surface area contributed by atoms with Gasteiger partial charge in [0.25, 0.3) is 0 Å². The van der Waals surface area contributed by atoms with Crippen LogP contribution in [0.5, 0.6) is 5.75 Å². The molecule has 0 aromatic heterocycles. The summed E-state index contributed by atoms with van der Waals surface area (Å²) in [6.07, 6.45) is 0.998. The molecule has 35 heavy (non-hydrogen) atoms. The highest BCUT2D eigenvalue weighted by atomic mass is 35.5. The number of anilines is 1. The van der Waals surface area contributed by atoms with E-state index in [1.165, 1.54) is 30.2 Å². The number of amides is 2. The minimum atomic E-state index is -3.87. The smallest absolute Gasteiger partial charge is 0.244 e. The fraction of sp³-hybridized carbons (Fsp3) is 0.417. The minimum Gasteiger partial charge on any atom is -0.495 e. The van der Waals surface area contributed by atoms with Gasteiger partial charge in [-0.2, -0.15) is 0 Å². The molecule has 0 saturated heterocycles. The molecule has 2 rings (SSSR count). The van der Waals surface area contributed by atoms with Crippen molar-refractivity contribution in [2.45, 2.75) is 45.8 Å². The SMILES string of the molecule is COc1ccc(N(CC(=O)N(Cc2ccc(Cl)cc2)[C@@H](C)C(=O)NC(C)(C)C)S(C)(=O)=O)cc1Cl. The standard InChI is InChI=1S/C24H31Cl2N3O5S/c1-16(23(31)27-24(2,3)4)28(14-17-7-9-18(25)10-8-17)22(30)15-29(35(6,32)33)19-11-12-21(34-5)20(26)13-19/h7-13,16H,14-15H2,1-6H3,(H,27,31)/t16-/m0/s1. The fourth-order valence-corrected chi connectivity index (χ4v) is 4.49. The second-order valence-electron chi connectivity index (χ2n) is 9.15. The van der Waals surface area contributed by atoms with Crippen molar-refractivity contribution in [1.82, 2.24) is 10.2 Å². The highest BCUT2D eigenvalue weighted by molar-refractivity contribution is 7.92. The van der Waals surface area contributed by atoms with Gasteiger partial charge in [-0.15, -0.1) is 0 Å². The van der Waals surface area contributed by atoms with Crippen LogP contribution in [-0.2, 0) is 26.2 Å². The number of nitrogens with zero attached hydrogens (tertiary/aromatic N) is 2. The van der Waals surface area contributed by atoms with Crippen molar-refractivity contribution in [3.63, 3.8) is 0 Å². The number of carbonyl (C=O) groups excluding carboxylic acids is 2. The summed E-state index contributed by atoms with van der Waals surface area (Å²) in [5.74, 6) is -0.556. The normalized spacial score (nSPS) is 12.6. The summed E-state index contributed by atoms with van der Waals surface area (Å²) >= 11 is 12.2. The summed E-state index contributed by atoms with van der Waals surface area (Å²) < 4.78 is 31.3. The first-order chi connectivity index (χ1) is 16.1. The molecule has 0 aliphatic carbocycles. The molecule has 0 spiro atoms. The van der Waals surface area contributed by atoms with Gasteiger partial charge in [-0.3, -0.25) is 13.9 Å². The number of rotatable bonds is 9. The number of benzene rings is 2. The van der Waals surface area contributed by atoms with Gasteiger partial charge in [0.2, 0.25) is 21.8 Å². The number of nitrogens with one attached hydrogen (secondary N) is 1. The maximum atomic E-state index is 13.5. The van der Waals surface area contributed by atoms with E-state index in [0.717, 1.165) is 16.1 Å². The van der Waals surface area contributed by atoms with E-state index in [9.17, 15) is 18.0 Å². The molecule has 0 aliphatic heterocycles. The van der Waals surface area contributed by atoms with E-state index in [2.05, 4.69) is 5.32 Å². The maximum Gasteiger partial charge on any atom is 0.244 e. The molecule has 2 amide bonds. The van der Waals surface area contributed by atoms with Crippen LogP contribution in [0.15, 0.2) is 42.5 Å². The Bertz CT molecular complexity index is 1160. The van der Waals surface area contributed by atoms with Crippen LogP contribution in [0.2, 0.25) is 10.0 Å². The summed E-state index contributed by atoms with van der Waals surface area (Å²) in [6.45, 7) is 6.66. The third-order valence-electron chi connectivity index (χ3n) is 5.03. The fourth-order valence-electron chi connectivity index (χ4n) is 3.27. The lowest BCUT2D eigenvalue weighted by Gasteiger charge is -2.33. The van der Waals surface area contributed by atoms with Crippen LogP contribution in [0.25, 0.3) is 0 Å². The second kappa shape index (κ2) is 11.5. The molecule has 0 bridgehead atoms. The average Bonchev–Trinajstić information content (AvgIpc) is 2.74. The first kappa shape index (κ1) is 28.7. The van der Waals surface area contributed by atoms with E-state index in [4.69, 9.17) is 27.9 Å². The van der Waals surface area contributed by atoms with Gasteiger partial charge in [-0.1, -0.05) is 35.3 Å².